The molecule has 3 aromatic carbocycles. The Morgan fingerprint density at radius 2 is 1.53 bits per heavy atom. The Hall–Kier alpha value is -4.66. The third-order valence-electron chi connectivity index (χ3n) is 10.8. The smallest absolute Gasteiger partial charge is 0.234 e. The minimum atomic E-state index is 0.102. The van der Waals surface area contributed by atoms with E-state index in [4.69, 9.17) is 25.8 Å². The summed E-state index contributed by atoms with van der Waals surface area (Å²) in [4.78, 5) is 23.5. The van der Waals surface area contributed by atoms with E-state index < -0.39 is 0 Å². The predicted molar refractivity (Wildman–Crippen MR) is 226 cm³/mol. The molecule has 11 heteroatoms. The summed E-state index contributed by atoms with van der Waals surface area (Å²) in [7, 11) is 0. The van der Waals surface area contributed by atoms with E-state index in [0.29, 0.717) is 41.8 Å². The number of rotatable bonds is 17. The first-order chi connectivity index (χ1) is 27.7. The summed E-state index contributed by atoms with van der Waals surface area (Å²) in [6.45, 7) is 17.5. The van der Waals surface area contributed by atoms with E-state index in [9.17, 15) is 10.1 Å². The molecule has 10 nitrogen and oxygen atoms in total. The molecule has 0 bridgehead atoms. The average molecular weight is 793 g/mol. The fraction of sp³-hybridized carbons (Fsp3) is 0.457. The van der Waals surface area contributed by atoms with Gasteiger partial charge in [-0.05, 0) is 106 Å². The quantitative estimate of drug-likeness (QED) is 0.107. The van der Waals surface area contributed by atoms with Gasteiger partial charge in [-0.3, -0.25) is 19.6 Å². The number of benzene rings is 3. The minimum absolute atomic E-state index is 0.102. The summed E-state index contributed by atoms with van der Waals surface area (Å²) in [5, 5.41) is 12.9. The molecule has 2 aliphatic rings. The van der Waals surface area contributed by atoms with Crippen LogP contribution in [0.4, 0.5) is 0 Å². The number of hydrogen-bond donors (Lipinski definition) is 1. The lowest BCUT2D eigenvalue weighted by Gasteiger charge is -2.34. The molecule has 6 rings (SSSR count). The highest BCUT2D eigenvalue weighted by atomic mass is 35.5. The maximum atomic E-state index is 12.2. The molecule has 0 atom stereocenters. The molecule has 3 heterocycles. The maximum Gasteiger partial charge on any atom is 0.234 e. The van der Waals surface area contributed by atoms with Crippen LogP contribution in [-0.4, -0.2) is 90.6 Å². The molecule has 302 valence electrons. The fourth-order valence-electron chi connectivity index (χ4n) is 7.65. The Bertz CT molecular complexity index is 2000. The van der Waals surface area contributed by atoms with Crippen molar-refractivity contribution in [1.82, 2.24) is 25.0 Å². The van der Waals surface area contributed by atoms with Crippen molar-refractivity contribution in [3.05, 3.63) is 105 Å². The summed E-state index contributed by atoms with van der Waals surface area (Å²) in [5.74, 6) is 2.27. The molecule has 2 fully saturated rings. The molecule has 0 radical (unpaired) electrons. The van der Waals surface area contributed by atoms with E-state index in [1.54, 1.807) is 18.5 Å². The van der Waals surface area contributed by atoms with Gasteiger partial charge >= 0.3 is 0 Å². The highest BCUT2D eigenvalue weighted by Gasteiger charge is 2.20. The van der Waals surface area contributed by atoms with Crippen molar-refractivity contribution in [2.75, 3.05) is 59.0 Å². The monoisotopic (exact) mass is 792 g/mol. The number of carbonyl (C=O) groups is 1. The van der Waals surface area contributed by atoms with E-state index >= 15 is 0 Å². The second-order valence-corrected chi connectivity index (χ2v) is 16.0. The van der Waals surface area contributed by atoms with Gasteiger partial charge in [-0.1, -0.05) is 48.4 Å². The first-order valence-electron chi connectivity index (χ1n) is 20.4. The van der Waals surface area contributed by atoms with E-state index in [0.717, 1.165) is 103 Å². The van der Waals surface area contributed by atoms with Crippen molar-refractivity contribution >= 4 is 17.5 Å². The summed E-state index contributed by atoms with van der Waals surface area (Å²) in [6.07, 6.45) is 7.85. The topological polar surface area (TPSA) is 103 Å². The van der Waals surface area contributed by atoms with Gasteiger partial charge in [-0.15, -0.1) is 0 Å². The van der Waals surface area contributed by atoms with Gasteiger partial charge in [0.05, 0.1) is 23.7 Å². The van der Waals surface area contributed by atoms with Crippen LogP contribution >= 0.6 is 11.6 Å². The highest BCUT2D eigenvalue weighted by Crippen LogP contribution is 2.37. The summed E-state index contributed by atoms with van der Waals surface area (Å²) < 4.78 is 19.2. The fourth-order valence-corrected chi connectivity index (χ4v) is 7.89. The zero-order chi connectivity index (χ0) is 40.1. The standard InChI is InChI=1S/C46H57ClN6O4/c1-33(2)50-46(54)30-53-20-18-51(19-21-53)17-10-22-55-43-14-9-13-41(35(43)4)40-12-8-11-38(34(40)3)32-57-45-25-44(56-31-37-23-36(26-48)27-49-28-37)39(24-42(45)47)29-52-15-6-5-7-16-52/h8-9,11-14,23-25,27-28,33H,5-7,10,15-22,29-32H2,1-4H3,(H,50,54). The van der Waals surface area contributed by atoms with Crippen LogP contribution in [0.5, 0.6) is 17.2 Å². The molecule has 57 heavy (non-hydrogen) atoms. The van der Waals surface area contributed by atoms with Gasteiger partial charge in [0.15, 0.2) is 0 Å². The zero-order valence-corrected chi connectivity index (χ0v) is 34.7. The van der Waals surface area contributed by atoms with Crippen molar-refractivity contribution in [2.24, 2.45) is 0 Å². The minimum Gasteiger partial charge on any atom is -0.493 e. The van der Waals surface area contributed by atoms with Crippen LogP contribution in [0.2, 0.25) is 5.02 Å². The Labute approximate surface area is 343 Å². The van der Waals surface area contributed by atoms with E-state index in [2.05, 4.69) is 81.3 Å². The molecule has 1 aromatic heterocycles. The van der Waals surface area contributed by atoms with Crippen LogP contribution in [0.3, 0.4) is 0 Å². The number of ether oxygens (including phenoxy) is 3. The third kappa shape index (κ3) is 11.9. The molecule has 1 amide bonds. The molecular formula is C46H57ClN6O4. The Morgan fingerprint density at radius 1 is 0.807 bits per heavy atom. The van der Waals surface area contributed by atoms with Gasteiger partial charge in [-0.2, -0.15) is 5.26 Å². The Morgan fingerprint density at radius 3 is 2.28 bits per heavy atom. The van der Waals surface area contributed by atoms with Crippen molar-refractivity contribution < 1.29 is 19.0 Å². The number of aromatic nitrogens is 1. The second kappa shape index (κ2) is 20.7. The molecule has 0 saturated carbocycles. The number of nitriles is 1. The average Bonchev–Trinajstić information content (AvgIpc) is 3.20. The number of carbonyl (C=O) groups excluding carboxylic acids is 1. The molecule has 1 N–H and O–H groups in total. The molecule has 0 unspecified atom stereocenters. The summed E-state index contributed by atoms with van der Waals surface area (Å²) in [6, 6.07) is 20.6. The highest BCUT2D eigenvalue weighted by molar-refractivity contribution is 6.32. The van der Waals surface area contributed by atoms with E-state index in [-0.39, 0.29) is 18.6 Å². The number of hydrogen-bond acceptors (Lipinski definition) is 9. The zero-order valence-electron chi connectivity index (χ0n) is 34.0. The first kappa shape index (κ1) is 42.0. The number of nitrogens with zero attached hydrogens (tertiary/aromatic N) is 5. The number of amides is 1. The molecule has 2 aliphatic heterocycles. The second-order valence-electron chi connectivity index (χ2n) is 15.6. The number of likely N-dealkylation sites (tertiary alicyclic amines) is 1. The van der Waals surface area contributed by atoms with E-state index in [1.165, 1.54) is 19.3 Å². The summed E-state index contributed by atoms with van der Waals surface area (Å²) >= 11 is 6.90. The lowest BCUT2D eigenvalue weighted by molar-refractivity contribution is -0.123. The van der Waals surface area contributed by atoms with Crippen LogP contribution < -0.4 is 19.5 Å². The van der Waals surface area contributed by atoms with Crippen LogP contribution in [-0.2, 0) is 24.6 Å². The van der Waals surface area contributed by atoms with Gasteiger partial charge in [0.2, 0.25) is 5.91 Å². The lowest BCUT2D eigenvalue weighted by Crippen LogP contribution is -2.50. The summed E-state index contributed by atoms with van der Waals surface area (Å²) in [5.41, 5.74) is 7.91. The van der Waals surface area contributed by atoms with Crippen molar-refractivity contribution in [2.45, 2.75) is 79.2 Å². The normalized spacial score (nSPS) is 15.3. The van der Waals surface area contributed by atoms with Crippen LogP contribution in [0.25, 0.3) is 11.1 Å². The number of piperidine rings is 1. The number of piperazine rings is 1. The van der Waals surface area contributed by atoms with Gasteiger partial charge in [-0.25, -0.2) is 0 Å². The Kier molecular flexibility index (Phi) is 15.2. The van der Waals surface area contributed by atoms with Gasteiger partial charge in [0.1, 0.15) is 36.5 Å². The predicted octanol–water partition coefficient (Wildman–Crippen LogP) is 7.95. The van der Waals surface area contributed by atoms with Gasteiger partial charge in [0.25, 0.3) is 0 Å². The Balaban J connectivity index is 1.07. The lowest BCUT2D eigenvalue weighted by atomic mass is 9.93. The van der Waals surface area contributed by atoms with Crippen LogP contribution in [0.1, 0.15) is 72.9 Å². The van der Waals surface area contributed by atoms with Crippen molar-refractivity contribution in [3.8, 4) is 34.4 Å². The van der Waals surface area contributed by atoms with E-state index in [1.807, 2.05) is 26.0 Å². The first-order valence-corrected chi connectivity index (χ1v) is 20.7. The van der Waals surface area contributed by atoms with Crippen molar-refractivity contribution in [1.29, 1.82) is 5.26 Å². The molecule has 4 aromatic rings. The number of nitrogens with one attached hydrogen (secondary N) is 1. The van der Waals surface area contributed by atoms with Gasteiger partial charge in [0, 0.05) is 74.9 Å². The largest absolute Gasteiger partial charge is 0.493 e. The van der Waals surface area contributed by atoms with Crippen molar-refractivity contribution in [3.63, 3.8) is 0 Å². The molecular weight excluding hydrogens is 736 g/mol. The number of pyridine rings is 1. The van der Waals surface area contributed by atoms with Crippen LogP contribution in [0.15, 0.2) is 67.0 Å². The van der Waals surface area contributed by atoms with Crippen LogP contribution in [0, 0.1) is 25.2 Å². The number of halogens is 1. The SMILES string of the molecule is Cc1c(COc2cc(OCc3cncc(C#N)c3)c(CN3CCCCC3)cc2Cl)cccc1-c1cccc(OCCCN2CCN(CC(=O)NC(C)C)CC2)c1C. The third-order valence-corrected chi connectivity index (χ3v) is 11.1. The molecule has 0 spiro atoms. The maximum absolute atomic E-state index is 12.2. The molecule has 2 saturated heterocycles. The molecule has 0 aliphatic carbocycles. The van der Waals surface area contributed by atoms with Gasteiger partial charge < -0.3 is 24.4 Å².